The molecule has 12 heavy (non-hydrogen) atoms. The number of quaternary nitrogens is 1. The van der Waals surface area contributed by atoms with Crippen LogP contribution in [0, 0.1) is 5.92 Å². The molecular formula is C7H16ClNO3. The van der Waals surface area contributed by atoms with Crippen LogP contribution in [-0.2, 0) is 0 Å². The van der Waals surface area contributed by atoms with E-state index in [-0.39, 0.29) is 31.0 Å². The largest absolute Gasteiger partial charge is 1.00 e. The van der Waals surface area contributed by atoms with Gasteiger partial charge in [-0.05, 0) is 12.3 Å². The minimum absolute atomic E-state index is 0. The van der Waals surface area contributed by atoms with Crippen LogP contribution in [0.25, 0.3) is 0 Å². The quantitative estimate of drug-likeness (QED) is 0.357. The Morgan fingerprint density at radius 1 is 1.25 bits per heavy atom. The summed E-state index contributed by atoms with van der Waals surface area (Å²) in [6, 6.07) is -0.0819. The number of aliphatic hydroxyl groups excluding tert-OH is 3. The Bertz CT molecular complexity index is 136. The van der Waals surface area contributed by atoms with Gasteiger partial charge in [0, 0.05) is 13.0 Å². The molecule has 0 saturated heterocycles. The van der Waals surface area contributed by atoms with E-state index in [4.69, 9.17) is 5.11 Å². The summed E-state index contributed by atoms with van der Waals surface area (Å²) in [6.45, 7) is 0.0706. The highest BCUT2D eigenvalue weighted by molar-refractivity contribution is 4.89. The molecule has 0 aliphatic heterocycles. The van der Waals surface area contributed by atoms with E-state index in [1.54, 1.807) is 0 Å². The first-order valence-corrected chi connectivity index (χ1v) is 3.97. The number of hydrogen-bond donors (Lipinski definition) is 4. The van der Waals surface area contributed by atoms with Crippen LogP contribution in [0.2, 0.25) is 0 Å². The van der Waals surface area contributed by atoms with Gasteiger partial charge in [-0.3, -0.25) is 0 Å². The third-order valence-corrected chi connectivity index (χ3v) is 2.42. The fourth-order valence-electron chi connectivity index (χ4n) is 1.68. The summed E-state index contributed by atoms with van der Waals surface area (Å²) in [6.07, 6.45) is -0.121. The van der Waals surface area contributed by atoms with Crippen LogP contribution >= 0.6 is 0 Å². The average molecular weight is 198 g/mol. The zero-order valence-corrected chi connectivity index (χ0v) is 7.61. The van der Waals surface area contributed by atoms with E-state index in [9.17, 15) is 10.2 Å². The molecule has 1 fully saturated rings. The number of hydrogen-bond acceptors (Lipinski definition) is 3. The lowest BCUT2D eigenvalue weighted by Crippen LogP contribution is -3.00. The van der Waals surface area contributed by atoms with Gasteiger partial charge in [0.1, 0.15) is 12.1 Å². The van der Waals surface area contributed by atoms with Gasteiger partial charge in [0.25, 0.3) is 0 Å². The second-order valence-corrected chi connectivity index (χ2v) is 3.25. The molecule has 0 unspecified atom stereocenters. The molecule has 0 radical (unpaired) electrons. The van der Waals surface area contributed by atoms with Gasteiger partial charge in [0.2, 0.25) is 0 Å². The fourth-order valence-corrected chi connectivity index (χ4v) is 1.68. The summed E-state index contributed by atoms with van der Waals surface area (Å²) in [7, 11) is 0. The fraction of sp³-hybridized carbons (Fsp3) is 1.00. The molecule has 0 heterocycles. The van der Waals surface area contributed by atoms with E-state index in [0.29, 0.717) is 12.8 Å². The van der Waals surface area contributed by atoms with Crippen molar-refractivity contribution < 1.29 is 33.5 Å². The van der Waals surface area contributed by atoms with E-state index in [2.05, 4.69) is 5.73 Å². The molecule has 0 bridgehead atoms. The molecule has 6 N–H and O–H groups in total. The monoisotopic (exact) mass is 197 g/mol. The van der Waals surface area contributed by atoms with E-state index in [1.165, 1.54) is 0 Å². The van der Waals surface area contributed by atoms with E-state index < -0.39 is 12.2 Å². The molecule has 1 aliphatic carbocycles. The van der Waals surface area contributed by atoms with Gasteiger partial charge in [-0.15, -0.1) is 0 Å². The van der Waals surface area contributed by atoms with Gasteiger partial charge < -0.3 is 33.5 Å². The van der Waals surface area contributed by atoms with Crippen molar-refractivity contribution in [2.45, 2.75) is 31.1 Å². The van der Waals surface area contributed by atoms with Crippen LogP contribution in [0.1, 0.15) is 12.8 Å². The molecule has 0 aromatic heterocycles. The maximum Gasteiger partial charge on any atom is 0.131 e. The molecule has 1 aliphatic rings. The average Bonchev–Trinajstić information content (AvgIpc) is 2.19. The number of rotatable bonds is 2. The van der Waals surface area contributed by atoms with Crippen LogP contribution in [0.3, 0.4) is 0 Å². The number of halogens is 1. The maximum atomic E-state index is 9.36. The Hall–Kier alpha value is 0.130. The molecule has 4 atom stereocenters. The molecule has 1 saturated carbocycles. The summed E-state index contributed by atoms with van der Waals surface area (Å²) in [5.74, 6) is 0.0255. The van der Waals surface area contributed by atoms with Gasteiger partial charge in [-0.25, -0.2) is 0 Å². The van der Waals surface area contributed by atoms with Crippen LogP contribution < -0.4 is 18.1 Å². The lowest BCUT2D eigenvalue weighted by molar-refractivity contribution is -0.434. The van der Waals surface area contributed by atoms with Gasteiger partial charge in [-0.2, -0.15) is 0 Å². The zero-order chi connectivity index (χ0) is 8.43. The predicted molar refractivity (Wildman–Crippen MR) is 38.5 cm³/mol. The van der Waals surface area contributed by atoms with E-state index in [1.807, 2.05) is 0 Å². The van der Waals surface area contributed by atoms with Crippen LogP contribution in [0.15, 0.2) is 0 Å². The Kier molecular flexibility index (Phi) is 5.04. The summed E-state index contributed by atoms with van der Waals surface area (Å²) in [5.41, 5.74) is 3.71. The smallest absolute Gasteiger partial charge is 0.131 e. The summed E-state index contributed by atoms with van der Waals surface area (Å²) >= 11 is 0. The summed E-state index contributed by atoms with van der Waals surface area (Å²) < 4.78 is 0. The SMILES string of the molecule is [Cl-].[NH3+][C@@H]1C[C@@H](CCO)[C@@H](O)[C@@H]1O. The predicted octanol–water partition coefficient (Wildman–Crippen LogP) is -5.27. The summed E-state index contributed by atoms with van der Waals surface area (Å²) in [4.78, 5) is 0. The number of aliphatic hydroxyl groups is 3. The Balaban J connectivity index is 0.00000121. The first-order chi connectivity index (χ1) is 5.16. The minimum Gasteiger partial charge on any atom is -1.00 e. The zero-order valence-electron chi connectivity index (χ0n) is 6.86. The molecule has 0 aromatic carbocycles. The molecule has 0 aromatic rings. The van der Waals surface area contributed by atoms with Crippen molar-refractivity contribution >= 4 is 0 Å². The van der Waals surface area contributed by atoms with E-state index >= 15 is 0 Å². The molecule has 0 spiro atoms. The van der Waals surface area contributed by atoms with Crippen LogP contribution in [0.5, 0.6) is 0 Å². The molecule has 4 nitrogen and oxygen atoms in total. The maximum absolute atomic E-state index is 9.36. The third kappa shape index (κ3) is 2.31. The standard InChI is InChI=1S/C7H15NO3.ClH/c8-5-3-4(1-2-9)6(10)7(5)11;/h4-7,9-11H,1-3,8H2;1H/t4-,5-,6-,7-;/m1./s1. The van der Waals surface area contributed by atoms with Gasteiger partial charge in [-0.1, -0.05) is 0 Å². The second kappa shape index (κ2) is 4.99. The van der Waals surface area contributed by atoms with Crippen LogP contribution in [-0.4, -0.2) is 40.2 Å². The normalized spacial score (nSPS) is 41.0. The van der Waals surface area contributed by atoms with E-state index in [0.717, 1.165) is 0 Å². The molecule has 1 rings (SSSR count). The molecular weight excluding hydrogens is 182 g/mol. The molecule has 5 heteroatoms. The van der Waals surface area contributed by atoms with Crippen molar-refractivity contribution in [2.75, 3.05) is 6.61 Å². The van der Waals surface area contributed by atoms with Crippen molar-refractivity contribution in [3.8, 4) is 0 Å². The summed E-state index contributed by atoms with van der Waals surface area (Å²) in [5, 5.41) is 27.2. The molecule has 0 amide bonds. The highest BCUT2D eigenvalue weighted by Gasteiger charge is 2.41. The Morgan fingerprint density at radius 3 is 2.17 bits per heavy atom. The second-order valence-electron chi connectivity index (χ2n) is 3.25. The first kappa shape index (κ1) is 12.1. The highest BCUT2D eigenvalue weighted by Crippen LogP contribution is 2.26. The highest BCUT2D eigenvalue weighted by atomic mass is 35.5. The molecule has 74 valence electrons. The van der Waals surface area contributed by atoms with Gasteiger partial charge in [0.15, 0.2) is 0 Å². The van der Waals surface area contributed by atoms with Crippen molar-refractivity contribution in [3.05, 3.63) is 0 Å². The third-order valence-electron chi connectivity index (χ3n) is 2.42. The Morgan fingerprint density at radius 2 is 1.83 bits per heavy atom. The van der Waals surface area contributed by atoms with Crippen molar-refractivity contribution in [2.24, 2.45) is 5.92 Å². The van der Waals surface area contributed by atoms with Crippen LogP contribution in [0.4, 0.5) is 0 Å². The Labute approximate surface area is 77.8 Å². The van der Waals surface area contributed by atoms with Crippen molar-refractivity contribution in [1.82, 2.24) is 0 Å². The van der Waals surface area contributed by atoms with Crippen molar-refractivity contribution in [1.29, 1.82) is 0 Å². The first-order valence-electron chi connectivity index (χ1n) is 3.97. The van der Waals surface area contributed by atoms with Gasteiger partial charge >= 0.3 is 0 Å². The van der Waals surface area contributed by atoms with Gasteiger partial charge in [0.05, 0.1) is 6.10 Å². The topological polar surface area (TPSA) is 88.3 Å². The van der Waals surface area contributed by atoms with Crippen molar-refractivity contribution in [3.63, 3.8) is 0 Å². The lowest BCUT2D eigenvalue weighted by atomic mass is 10.0. The lowest BCUT2D eigenvalue weighted by Gasteiger charge is -2.13. The minimum atomic E-state index is -0.702.